The number of fused-ring (bicyclic) bond motifs is 1. The summed E-state index contributed by atoms with van der Waals surface area (Å²) in [5.41, 5.74) is 1.09. The summed E-state index contributed by atoms with van der Waals surface area (Å²) < 4.78 is 1.70. The maximum Gasteiger partial charge on any atom is 0.328 e. The fourth-order valence-corrected chi connectivity index (χ4v) is 1.39. The predicted octanol–water partition coefficient (Wildman–Crippen LogP) is 1.29. The fourth-order valence-electron chi connectivity index (χ4n) is 1.39. The Balaban J connectivity index is 2.37. The molecule has 0 saturated carbocycles. The lowest BCUT2D eigenvalue weighted by molar-refractivity contribution is 0.212. The van der Waals surface area contributed by atoms with E-state index in [1.54, 1.807) is 4.57 Å². The van der Waals surface area contributed by atoms with Crippen molar-refractivity contribution in [2.24, 2.45) is 0 Å². The molecule has 0 aliphatic carbocycles. The van der Waals surface area contributed by atoms with E-state index in [9.17, 15) is 4.79 Å². The molecule has 3 heteroatoms. The first-order valence-electron chi connectivity index (χ1n) is 3.78. The number of aromatic nitrogens is 1. The monoisotopic (exact) mass is 150 g/mol. The van der Waals surface area contributed by atoms with Crippen LogP contribution in [0.1, 0.15) is 12.6 Å². The number of hydrogen-bond acceptors (Lipinski definition) is 1. The molecule has 1 aromatic heterocycles. The smallest absolute Gasteiger partial charge is 0.319 e. The number of amides is 1. The number of hydrogen-bond donors (Lipinski definition) is 0. The van der Waals surface area contributed by atoms with Crippen molar-refractivity contribution < 1.29 is 4.79 Å². The van der Waals surface area contributed by atoms with Crippen LogP contribution in [0.25, 0.3) is 0 Å². The highest BCUT2D eigenvalue weighted by Gasteiger charge is 2.23. The summed E-state index contributed by atoms with van der Waals surface area (Å²) in [6, 6.07) is 3.99. The first-order chi connectivity index (χ1) is 5.33. The number of carbonyl (C=O) groups is 1. The second kappa shape index (κ2) is 2.12. The van der Waals surface area contributed by atoms with Crippen LogP contribution < -0.4 is 0 Å². The van der Waals surface area contributed by atoms with E-state index < -0.39 is 0 Å². The Morgan fingerprint density at radius 2 is 2.45 bits per heavy atom. The van der Waals surface area contributed by atoms with Crippen LogP contribution in [0.3, 0.4) is 0 Å². The molecule has 0 spiro atoms. The van der Waals surface area contributed by atoms with Crippen LogP contribution in [0.15, 0.2) is 18.3 Å². The Bertz CT molecular complexity index is 290. The van der Waals surface area contributed by atoms with Crippen LogP contribution >= 0.6 is 0 Å². The van der Waals surface area contributed by atoms with Crippen molar-refractivity contribution in [2.45, 2.75) is 13.5 Å². The molecule has 1 aliphatic rings. The Hall–Kier alpha value is -1.25. The molecule has 0 radical (unpaired) electrons. The Labute approximate surface area is 65.2 Å². The van der Waals surface area contributed by atoms with E-state index in [4.69, 9.17) is 0 Å². The lowest BCUT2D eigenvalue weighted by atomic mass is 10.4. The minimum Gasteiger partial charge on any atom is -0.319 e. The summed E-state index contributed by atoms with van der Waals surface area (Å²) in [5.74, 6) is 0. The fraction of sp³-hybridized carbons (Fsp3) is 0.375. The number of nitrogens with zero attached hydrogens (tertiary/aromatic N) is 2. The van der Waals surface area contributed by atoms with Gasteiger partial charge in [0.15, 0.2) is 0 Å². The highest BCUT2D eigenvalue weighted by atomic mass is 16.2. The molecular weight excluding hydrogens is 140 g/mol. The van der Waals surface area contributed by atoms with Gasteiger partial charge in [0.1, 0.15) is 0 Å². The van der Waals surface area contributed by atoms with Crippen LogP contribution in [0.2, 0.25) is 0 Å². The third-order valence-corrected chi connectivity index (χ3v) is 2.04. The van der Waals surface area contributed by atoms with E-state index in [1.807, 2.05) is 30.2 Å². The molecule has 2 rings (SSSR count). The molecule has 1 aromatic rings. The van der Waals surface area contributed by atoms with Gasteiger partial charge in [-0.25, -0.2) is 4.79 Å². The summed E-state index contributed by atoms with van der Waals surface area (Å²) >= 11 is 0. The molecule has 0 atom stereocenters. The van der Waals surface area contributed by atoms with E-state index in [1.165, 1.54) is 0 Å². The highest BCUT2D eigenvalue weighted by molar-refractivity contribution is 5.80. The number of rotatable bonds is 1. The highest BCUT2D eigenvalue weighted by Crippen LogP contribution is 2.15. The minimum absolute atomic E-state index is 0.104. The topological polar surface area (TPSA) is 25.2 Å². The second-order valence-electron chi connectivity index (χ2n) is 2.67. The van der Waals surface area contributed by atoms with E-state index in [2.05, 4.69) is 0 Å². The molecule has 0 unspecified atom stereocenters. The first-order valence-corrected chi connectivity index (χ1v) is 3.78. The molecule has 0 bridgehead atoms. The molecule has 1 aliphatic heterocycles. The Kier molecular flexibility index (Phi) is 1.24. The average molecular weight is 150 g/mol. The normalized spacial score (nSPS) is 15.7. The zero-order chi connectivity index (χ0) is 7.84. The van der Waals surface area contributed by atoms with Crippen LogP contribution in [-0.2, 0) is 6.54 Å². The minimum atomic E-state index is 0.104. The van der Waals surface area contributed by atoms with E-state index in [0.29, 0.717) is 0 Å². The summed E-state index contributed by atoms with van der Waals surface area (Å²) in [7, 11) is 0. The molecular formula is C8H10N2O. The van der Waals surface area contributed by atoms with Crippen molar-refractivity contribution in [3.05, 3.63) is 24.0 Å². The second-order valence-corrected chi connectivity index (χ2v) is 2.67. The van der Waals surface area contributed by atoms with Crippen LogP contribution in [0, 0.1) is 0 Å². The predicted molar refractivity (Wildman–Crippen MR) is 41.3 cm³/mol. The lowest BCUT2D eigenvalue weighted by Gasteiger charge is -2.10. The quantitative estimate of drug-likeness (QED) is 0.592. The molecule has 58 valence electrons. The van der Waals surface area contributed by atoms with Gasteiger partial charge < -0.3 is 4.90 Å². The van der Waals surface area contributed by atoms with Gasteiger partial charge in [0, 0.05) is 18.4 Å². The van der Waals surface area contributed by atoms with Crippen LogP contribution in [0.5, 0.6) is 0 Å². The summed E-state index contributed by atoms with van der Waals surface area (Å²) in [4.78, 5) is 13.2. The van der Waals surface area contributed by atoms with Gasteiger partial charge >= 0.3 is 6.03 Å². The zero-order valence-corrected chi connectivity index (χ0v) is 6.45. The van der Waals surface area contributed by atoms with Gasteiger partial charge in [0.2, 0.25) is 0 Å². The van der Waals surface area contributed by atoms with Crippen molar-refractivity contribution in [1.82, 2.24) is 9.47 Å². The third kappa shape index (κ3) is 0.770. The molecule has 0 fully saturated rings. The molecule has 11 heavy (non-hydrogen) atoms. The number of carbonyl (C=O) groups excluding carboxylic acids is 1. The van der Waals surface area contributed by atoms with E-state index >= 15 is 0 Å². The van der Waals surface area contributed by atoms with E-state index in [-0.39, 0.29) is 6.03 Å². The summed E-state index contributed by atoms with van der Waals surface area (Å²) in [6.45, 7) is 3.55. The third-order valence-electron chi connectivity index (χ3n) is 2.04. The van der Waals surface area contributed by atoms with Crippen molar-refractivity contribution in [3.63, 3.8) is 0 Å². The van der Waals surface area contributed by atoms with Crippen molar-refractivity contribution >= 4 is 6.03 Å². The van der Waals surface area contributed by atoms with E-state index in [0.717, 1.165) is 18.8 Å². The molecule has 0 N–H and O–H groups in total. The van der Waals surface area contributed by atoms with Gasteiger partial charge in [-0.15, -0.1) is 0 Å². The van der Waals surface area contributed by atoms with Crippen molar-refractivity contribution in [3.8, 4) is 0 Å². The molecule has 3 nitrogen and oxygen atoms in total. The van der Waals surface area contributed by atoms with Gasteiger partial charge in [0.25, 0.3) is 0 Å². The average Bonchev–Trinajstić information content (AvgIpc) is 2.53. The molecule has 0 saturated heterocycles. The first kappa shape index (κ1) is 6.46. The Morgan fingerprint density at radius 1 is 1.64 bits per heavy atom. The van der Waals surface area contributed by atoms with Gasteiger partial charge in [-0.1, -0.05) is 0 Å². The van der Waals surface area contributed by atoms with Crippen LogP contribution in [0.4, 0.5) is 4.79 Å². The SMILES string of the molecule is CCN1Cc2cccn2C1=O. The van der Waals surface area contributed by atoms with Gasteiger partial charge in [0.05, 0.1) is 6.54 Å². The maximum absolute atomic E-state index is 11.4. The molecule has 1 amide bonds. The van der Waals surface area contributed by atoms with Crippen molar-refractivity contribution in [1.29, 1.82) is 0 Å². The maximum atomic E-state index is 11.4. The molecule has 2 heterocycles. The van der Waals surface area contributed by atoms with Gasteiger partial charge in [-0.3, -0.25) is 4.57 Å². The van der Waals surface area contributed by atoms with Gasteiger partial charge in [-0.2, -0.15) is 0 Å². The van der Waals surface area contributed by atoms with Crippen LogP contribution in [-0.4, -0.2) is 22.0 Å². The van der Waals surface area contributed by atoms with Crippen molar-refractivity contribution in [2.75, 3.05) is 6.54 Å². The zero-order valence-electron chi connectivity index (χ0n) is 6.45. The molecule has 0 aromatic carbocycles. The largest absolute Gasteiger partial charge is 0.328 e. The summed E-state index contributed by atoms with van der Waals surface area (Å²) in [5, 5.41) is 0. The standard InChI is InChI=1S/C8H10N2O/c1-2-9-6-7-4-3-5-10(7)8(9)11/h3-5H,2,6H2,1H3. The van der Waals surface area contributed by atoms with Gasteiger partial charge in [-0.05, 0) is 19.1 Å². The summed E-state index contributed by atoms with van der Waals surface area (Å²) in [6.07, 6.45) is 1.81. The Morgan fingerprint density at radius 3 is 3.09 bits per heavy atom. The lowest BCUT2D eigenvalue weighted by Crippen LogP contribution is -2.25.